The molecule has 174 valence electrons. The number of anilines is 2. The van der Waals surface area contributed by atoms with Crippen molar-refractivity contribution >= 4 is 46.4 Å². The van der Waals surface area contributed by atoms with Crippen molar-refractivity contribution in [2.75, 3.05) is 10.6 Å². The van der Waals surface area contributed by atoms with Gasteiger partial charge < -0.3 is 5.32 Å². The van der Waals surface area contributed by atoms with Gasteiger partial charge in [-0.2, -0.15) is 5.10 Å². The fraction of sp³-hybridized carbons (Fsp3) is 0.0400. The Labute approximate surface area is 209 Å². The molecule has 0 unspecified atom stereocenters. The molecule has 0 saturated heterocycles. The van der Waals surface area contributed by atoms with Crippen LogP contribution in [0.1, 0.15) is 5.56 Å². The number of carbonyl (C=O) groups excluding carboxylic acids is 1. The maximum absolute atomic E-state index is 13.9. The lowest BCUT2D eigenvalue weighted by atomic mass is 10.0. The molecule has 5 rings (SSSR count). The van der Waals surface area contributed by atoms with Gasteiger partial charge in [0.15, 0.2) is 5.65 Å². The van der Waals surface area contributed by atoms with Gasteiger partial charge in [0.1, 0.15) is 17.3 Å². The zero-order chi connectivity index (χ0) is 24.5. The summed E-state index contributed by atoms with van der Waals surface area (Å²) in [5.41, 5.74) is 4.39. The molecule has 10 heteroatoms. The van der Waals surface area contributed by atoms with Crippen molar-refractivity contribution < 1.29 is 9.18 Å². The molecule has 0 aliphatic carbocycles. The van der Waals surface area contributed by atoms with E-state index in [1.54, 1.807) is 72.4 Å². The minimum Gasteiger partial charge on any atom is -0.308 e. The largest absolute Gasteiger partial charge is 0.324 e. The minimum absolute atomic E-state index is 0.291. The highest BCUT2D eigenvalue weighted by Crippen LogP contribution is 2.33. The molecule has 2 aromatic carbocycles. The third-order valence-electron chi connectivity index (χ3n) is 5.28. The molecule has 0 saturated carbocycles. The average Bonchev–Trinajstić information content (AvgIpc) is 3.23. The van der Waals surface area contributed by atoms with Gasteiger partial charge in [0.05, 0.1) is 15.7 Å². The fourth-order valence-electron chi connectivity index (χ4n) is 3.64. The molecule has 35 heavy (non-hydrogen) atoms. The number of halogens is 3. The maximum atomic E-state index is 13.9. The van der Waals surface area contributed by atoms with Gasteiger partial charge in [-0.25, -0.2) is 23.7 Å². The van der Waals surface area contributed by atoms with E-state index in [1.807, 2.05) is 6.07 Å². The smallest absolute Gasteiger partial charge is 0.308 e. The third-order valence-corrected chi connectivity index (χ3v) is 6.02. The topological polar surface area (TPSA) is 84.2 Å². The van der Waals surface area contributed by atoms with Crippen LogP contribution in [0.25, 0.3) is 28.2 Å². The fourth-order valence-corrected chi connectivity index (χ4v) is 3.94. The van der Waals surface area contributed by atoms with Crippen LogP contribution < -0.4 is 10.6 Å². The Bertz CT molecular complexity index is 1590. The molecule has 0 radical (unpaired) electrons. The number of fused-ring (bicyclic) bond motifs is 1. The van der Waals surface area contributed by atoms with Crippen molar-refractivity contribution in [1.82, 2.24) is 19.6 Å². The Hall–Kier alpha value is -4.01. The normalized spacial score (nSPS) is 11.0. The van der Waals surface area contributed by atoms with Crippen LogP contribution in [-0.4, -0.2) is 25.6 Å². The highest BCUT2D eigenvalue weighted by molar-refractivity contribution is 6.42. The van der Waals surface area contributed by atoms with Crippen LogP contribution in [0.5, 0.6) is 0 Å². The molecule has 3 heterocycles. The van der Waals surface area contributed by atoms with Crippen molar-refractivity contribution in [2.45, 2.75) is 6.92 Å². The summed E-state index contributed by atoms with van der Waals surface area (Å²) in [6, 6.07) is 16.2. The standard InChI is InChI=1S/C25H17Cl2FN6O/c1-14-11-15(4-7-20(14)28)23-24(34-22(33-23)3-2-9-30-34)16-8-10-29-21(12-16)32-25(35)31-17-5-6-18(26)19(27)13-17/h2-13H,1H3,(H2,29,31,32,35). The first-order chi connectivity index (χ1) is 16.9. The molecular weight excluding hydrogens is 490 g/mol. The van der Waals surface area contributed by atoms with E-state index in [9.17, 15) is 9.18 Å². The summed E-state index contributed by atoms with van der Waals surface area (Å²) < 4.78 is 15.6. The second kappa shape index (κ2) is 9.32. The van der Waals surface area contributed by atoms with Crippen LogP contribution in [-0.2, 0) is 0 Å². The Morgan fingerprint density at radius 3 is 2.60 bits per heavy atom. The number of benzene rings is 2. The molecule has 2 amide bonds. The molecule has 0 bridgehead atoms. The first-order valence-corrected chi connectivity index (χ1v) is 11.2. The lowest BCUT2D eigenvalue weighted by molar-refractivity contribution is 0.262. The SMILES string of the molecule is Cc1cc(-c2nc3cccnn3c2-c2ccnc(NC(=O)Nc3ccc(Cl)c(Cl)c3)c2)ccc1F. The van der Waals surface area contributed by atoms with Gasteiger partial charge in [0.25, 0.3) is 0 Å². The molecule has 0 aliphatic heterocycles. The highest BCUT2D eigenvalue weighted by atomic mass is 35.5. The number of carbonyl (C=O) groups is 1. The summed E-state index contributed by atoms with van der Waals surface area (Å²) in [7, 11) is 0. The number of urea groups is 1. The maximum Gasteiger partial charge on any atom is 0.324 e. The van der Waals surface area contributed by atoms with Gasteiger partial charge in [0, 0.05) is 29.2 Å². The van der Waals surface area contributed by atoms with Gasteiger partial charge in [-0.05, 0) is 73.2 Å². The van der Waals surface area contributed by atoms with Crippen LogP contribution in [0.2, 0.25) is 10.0 Å². The Morgan fingerprint density at radius 2 is 1.80 bits per heavy atom. The highest BCUT2D eigenvalue weighted by Gasteiger charge is 2.18. The summed E-state index contributed by atoms with van der Waals surface area (Å²) >= 11 is 11.9. The number of imidazole rings is 1. The van der Waals surface area contributed by atoms with Crippen molar-refractivity contribution in [3.8, 4) is 22.5 Å². The monoisotopic (exact) mass is 506 g/mol. The quantitative estimate of drug-likeness (QED) is 0.279. The van der Waals surface area contributed by atoms with E-state index in [0.717, 1.165) is 5.56 Å². The molecule has 0 atom stereocenters. The van der Waals surface area contributed by atoms with E-state index in [0.29, 0.717) is 49.7 Å². The first-order valence-electron chi connectivity index (χ1n) is 10.5. The first kappa shape index (κ1) is 22.8. The summed E-state index contributed by atoms with van der Waals surface area (Å²) in [6.07, 6.45) is 3.23. The van der Waals surface area contributed by atoms with Crippen molar-refractivity contribution in [1.29, 1.82) is 0 Å². The zero-order valence-corrected chi connectivity index (χ0v) is 19.8. The zero-order valence-electron chi connectivity index (χ0n) is 18.3. The number of hydrogen-bond donors (Lipinski definition) is 2. The summed E-state index contributed by atoms with van der Waals surface area (Å²) in [6.45, 7) is 1.70. The lowest BCUT2D eigenvalue weighted by Crippen LogP contribution is -2.20. The van der Waals surface area contributed by atoms with E-state index in [1.165, 1.54) is 6.07 Å². The summed E-state index contributed by atoms with van der Waals surface area (Å²) in [5.74, 6) is 0.0211. The molecule has 0 fully saturated rings. The van der Waals surface area contributed by atoms with Gasteiger partial charge in [0.2, 0.25) is 0 Å². The van der Waals surface area contributed by atoms with E-state index in [4.69, 9.17) is 28.2 Å². The third kappa shape index (κ3) is 4.66. The molecule has 3 aromatic heterocycles. The molecule has 5 aromatic rings. The Morgan fingerprint density at radius 1 is 0.943 bits per heavy atom. The van der Waals surface area contributed by atoms with Crippen molar-refractivity contribution in [2.24, 2.45) is 0 Å². The van der Waals surface area contributed by atoms with Crippen LogP contribution in [0, 0.1) is 12.7 Å². The molecule has 7 nitrogen and oxygen atoms in total. The van der Waals surface area contributed by atoms with Crippen molar-refractivity contribution in [3.05, 3.63) is 94.5 Å². The van der Waals surface area contributed by atoms with Crippen LogP contribution in [0.4, 0.5) is 20.7 Å². The predicted octanol–water partition coefficient (Wildman–Crippen LogP) is 6.86. The molecule has 0 spiro atoms. The number of aromatic nitrogens is 4. The van der Waals surface area contributed by atoms with Crippen molar-refractivity contribution in [3.63, 3.8) is 0 Å². The average molecular weight is 507 g/mol. The van der Waals surface area contributed by atoms with Gasteiger partial charge >= 0.3 is 6.03 Å². The number of rotatable bonds is 4. The minimum atomic E-state index is -0.501. The predicted molar refractivity (Wildman–Crippen MR) is 135 cm³/mol. The van der Waals surface area contributed by atoms with E-state index in [2.05, 4.69) is 20.7 Å². The molecule has 2 N–H and O–H groups in total. The number of amides is 2. The molecule has 0 aliphatic rings. The number of pyridine rings is 1. The van der Waals surface area contributed by atoms with E-state index < -0.39 is 6.03 Å². The van der Waals surface area contributed by atoms with Gasteiger partial charge in [-0.15, -0.1) is 0 Å². The summed E-state index contributed by atoms with van der Waals surface area (Å²) in [5, 5.41) is 10.6. The Kier molecular flexibility index (Phi) is 6.07. The lowest BCUT2D eigenvalue weighted by Gasteiger charge is -2.10. The summed E-state index contributed by atoms with van der Waals surface area (Å²) in [4.78, 5) is 21.5. The van der Waals surface area contributed by atoms with Crippen LogP contribution in [0.15, 0.2) is 73.1 Å². The molecular formula is C25H17Cl2FN6O. The number of nitrogens with one attached hydrogen (secondary N) is 2. The number of hydrogen-bond acceptors (Lipinski definition) is 4. The van der Waals surface area contributed by atoms with Gasteiger partial charge in [-0.1, -0.05) is 23.2 Å². The van der Waals surface area contributed by atoms with E-state index in [-0.39, 0.29) is 5.82 Å². The van der Waals surface area contributed by atoms with Crippen LogP contribution >= 0.6 is 23.2 Å². The second-order valence-corrected chi connectivity index (χ2v) is 8.52. The second-order valence-electron chi connectivity index (χ2n) is 7.70. The number of nitrogens with zero attached hydrogens (tertiary/aromatic N) is 4. The van der Waals surface area contributed by atoms with Gasteiger partial charge in [-0.3, -0.25) is 5.32 Å². The Balaban J connectivity index is 1.50. The van der Waals surface area contributed by atoms with Crippen LogP contribution in [0.3, 0.4) is 0 Å². The van der Waals surface area contributed by atoms with E-state index >= 15 is 0 Å². The number of aryl methyl sites for hydroxylation is 1.